The molecule has 0 spiro atoms. The average molecular weight is 235 g/mol. The number of rotatable bonds is 5. The number of nitrogens with zero attached hydrogens (tertiary/aromatic N) is 1. The van der Waals surface area contributed by atoms with E-state index in [2.05, 4.69) is 17.9 Å². The summed E-state index contributed by atoms with van der Waals surface area (Å²) < 4.78 is 0. The van der Waals surface area contributed by atoms with Crippen LogP contribution >= 0.6 is 0 Å². The number of allylic oxidation sites excluding steroid dienone is 2. The summed E-state index contributed by atoms with van der Waals surface area (Å²) in [6.45, 7) is 5.63. The third-order valence-corrected chi connectivity index (χ3v) is 4.08. The molecule has 2 fully saturated rings. The van der Waals surface area contributed by atoms with E-state index in [1.807, 2.05) is 0 Å². The molecule has 96 valence electrons. The van der Waals surface area contributed by atoms with Crippen molar-refractivity contribution in [2.45, 2.75) is 51.9 Å². The van der Waals surface area contributed by atoms with Gasteiger partial charge in [0.1, 0.15) is 0 Å². The summed E-state index contributed by atoms with van der Waals surface area (Å²) in [6.07, 6.45) is 10.5. The van der Waals surface area contributed by atoms with Crippen LogP contribution in [0.5, 0.6) is 0 Å². The molecule has 0 aromatic heterocycles. The normalized spacial score (nSPS) is 28.4. The Morgan fingerprint density at radius 1 is 1.35 bits per heavy atom. The molecule has 1 aliphatic heterocycles. The van der Waals surface area contributed by atoms with E-state index in [0.29, 0.717) is 11.7 Å². The molecule has 1 heterocycles. The lowest BCUT2D eigenvalue weighted by atomic mass is 10.1. The van der Waals surface area contributed by atoms with Gasteiger partial charge < -0.3 is 4.90 Å². The summed E-state index contributed by atoms with van der Waals surface area (Å²) in [7, 11) is 0. The third kappa shape index (κ3) is 3.41. The van der Waals surface area contributed by atoms with Crippen LogP contribution in [0.1, 0.15) is 51.9 Å². The molecule has 0 bridgehead atoms. The van der Waals surface area contributed by atoms with Gasteiger partial charge in [-0.15, -0.1) is 0 Å². The average Bonchev–Trinajstić information content (AvgIpc) is 2.94. The van der Waals surface area contributed by atoms with Gasteiger partial charge >= 0.3 is 0 Å². The molecule has 2 heteroatoms. The summed E-state index contributed by atoms with van der Waals surface area (Å²) in [6, 6.07) is 0. The lowest BCUT2D eigenvalue weighted by molar-refractivity contribution is -0.118. The first-order valence-electron chi connectivity index (χ1n) is 7.27. The second kappa shape index (κ2) is 6.34. The fourth-order valence-corrected chi connectivity index (χ4v) is 2.98. The van der Waals surface area contributed by atoms with Crippen LogP contribution < -0.4 is 0 Å². The summed E-state index contributed by atoms with van der Waals surface area (Å²) in [5.41, 5.74) is 1.13. The summed E-state index contributed by atoms with van der Waals surface area (Å²) in [5.74, 6) is 0.758. The van der Waals surface area contributed by atoms with Crippen molar-refractivity contribution in [3.05, 3.63) is 11.6 Å². The van der Waals surface area contributed by atoms with Crippen molar-refractivity contribution in [2.24, 2.45) is 5.92 Å². The van der Waals surface area contributed by atoms with E-state index in [4.69, 9.17) is 0 Å². The van der Waals surface area contributed by atoms with Gasteiger partial charge in [0, 0.05) is 12.5 Å². The highest BCUT2D eigenvalue weighted by Gasteiger charge is 2.30. The van der Waals surface area contributed by atoms with Crippen molar-refractivity contribution in [3.8, 4) is 0 Å². The number of carbonyl (C=O) groups is 1. The van der Waals surface area contributed by atoms with Crippen molar-refractivity contribution in [1.29, 1.82) is 0 Å². The minimum atomic E-state index is 0.306. The number of unbranched alkanes of at least 4 members (excludes halogenated alkanes) is 2. The maximum Gasteiger partial charge on any atom is 0.162 e. The van der Waals surface area contributed by atoms with Gasteiger partial charge in [0.15, 0.2) is 5.78 Å². The van der Waals surface area contributed by atoms with E-state index in [1.54, 1.807) is 0 Å². The highest BCUT2D eigenvalue weighted by molar-refractivity contribution is 5.99. The lowest BCUT2D eigenvalue weighted by Gasteiger charge is -2.18. The molecular formula is C15H25NO. The third-order valence-electron chi connectivity index (χ3n) is 4.08. The molecule has 17 heavy (non-hydrogen) atoms. The van der Waals surface area contributed by atoms with Gasteiger partial charge in [-0.25, -0.2) is 0 Å². The molecule has 0 N–H and O–H groups in total. The summed E-state index contributed by atoms with van der Waals surface area (Å²) in [4.78, 5) is 14.7. The van der Waals surface area contributed by atoms with Gasteiger partial charge in [-0.1, -0.05) is 25.8 Å². The molecule has 1 atom stereocenters. The predicted octanol–water partition coefficient (Wildman–Crippen LogP) is 3.18. The Morgan fingerprint density at radius 3 is 2.82 bits per heavy atom. The predicted molar refractivity (Wildman–Crippen MR) is 71.0 cm³/mol. The fraction of sp³-hybridized carbons (Fsp3) is 0.800. The van der Waals surface area contributed by atoms with Crippen molar-refractivity contribution >= 4 is 5.78 Å². The monoisotopic (exact) mass is 235 g/mol. The molecule has 0 aromatic carbocycles. The number of carbonyl (C=O) groups excluding carboxylic acids is 1. The van der Waals surface area contributed by atoms with Crippen molar-refractivity contribution in [1.82, 2.24) is 4.90 Å². The van der Waals surface area contributed by atoms with Crippen LogP contribution in [0.3, 0.4) is 0 Å². The SMILES string of the molecule is CCCCC=C1CCC(CN2CCCC2)C1=O. The van der Waals surface area contributed by atoms with Gasteiger partial charge in [-0.05, 0) is 50.8 Å². The Hall–Kier alpha value is -0.630. The number of Topliss-reactive ketones (excluding diaryl/α,β-unsaturated/α-hetero) is 1. The first kappa shape index (κ1) is 12.8. The molecular weight excluding hydrogens is 210 g/mol. The zero-order chi connectivity index (χ0) is 12.1. The lowest BCUT2D eigenvalue weighted by Crippen LogP contribution is -2.28. The number of likely N-dealkylation sites (tertiary alicyclic amines) is 1. The molecule has 1 unspecified atom stereocenters. The molecule has 1 saturated carbocycles. The van der Waals surface area contributed by atoms with Crippen molar-refractivity contribution in [2.75, 3.05) is 19.6 Å². The summed E-state index contributed by atoms with van der Waals surface area (Å²) in [5, 5.41) is 0. The Morgan fingerprint density at radius 2 is 2.12 bits per heavy atom. The van der Waals surface area contributed by atoms with Crippen molar-refractivity contribution < 1.29 is 4.79 Å². The number of hydrogen-bond donors (Lipinski definition) is 0. The van der Waals surface area contributed by atoms with Crippen LogP contribution in [0.25, 0.3) is 0 Å². The maximum atomic E-state index is 12.2. The largest absolute Gasteiger partial charge is 0.303 e. The second-order valence-corrected chi connectivity index (χ2v) is 5.48. The highest BCUT2D eigenvalue weighted by Crippen LogP contribution is 2.28. The Labute approximate surface area is 105 Å². The van der Waals surface area contributed by atoms with Crippen molar-refractivity contribution in [3.63, 3.8) is 0 Å². The fourth-order valence-electron chi connectivity index (χ4n) is 2.98. The maximum absolute atomic E-state index is 12.2. The first-order valence-corrected chi connectivity index (χ1v) is 7.27. The van der Waals surface area contributed by atoms with Crippen LogP contribution in [0, 0.1) is 5.92 Å². The van der Waals surface area contributed by atoms with Crippen LogP contribution in [0.4, 0.5) is 0 Å². The molecule has 1 saturated heterocycles. The minimum Gasteiger partial charge on any atom is -0.303 e. The Bertz CT molecular complexity index is 289. The molecule has 2 nitrogen and oxygen atoms in total. The quantitative estimate of drug-likeness (QED) is 0.539. The molecule has 0 radical (unpaired) electrons. The Kier molecular flexibility index (Phi) is 4.78. The number of hydrogen-bond acceptors (Lipinski definition) is 2. The number of ketones is 1. The second-order valence-electron chi connectivity index (χ2n) is 5.48. The van der Waals surface area contributed by atoms with Crippen LogP contribution in [0.2, 0.25) is 0 Å². The van der Waals surface area contributed by atoms with Gasteiger partial charge in [0.25, 0.3) is 0 Å². The molecule has 0 amide bonds. The van der Waals surface area contributed by atoms with Crippen LogP contribution in [-0.2, 0) is 4.79 Å². The molecule has 0 aromatic rings. The smallest absolute Gasteiger partial charge is 0.162 e. The molecule has 1 aliphatic carbocycles. The zero-order valence-corrected chi connectivity index (χ0v) is 11.1. The van der Waals surface area contributed by atoms with E-state index in [9.17, 15) is 4.79 Å². The van der Waals surface area contributed by atoms with E-state index < -0.39 is 0 Å². The summed E-state index contributed by atoms with van der Waals surface area (Å²) >= 11 is 0. The van der Waals surface area contributed by atoms with Crippen LogP contribution in [-0.4, -0.2) is 30.3 Å². The standard InChI is InChI=1S/C15H25NO/c1-2-3-4-7-13-8-9-14(15(13)17)12-16-10-5-6-11-16/h7,14H,2-6,8-12H2,1H3. The van der Waals surface area contributed by atoms with E-state index in [1.165, 1.54) is 38.8 Å². The van der Waals surface area contributed by atoms with Gasteiger partial charge in [0.2, 0.25) is 0 Å². The van der Waals surface area contributed by atoms with Crippen LogP contribution in [0.15, 0.2) is 11.6 Å². The molecule has 2 aliphatic rings. The van der Waals surface area contributed by atoms with Gasteiger partial charge in [-0.3, -0.25) is 4.79 Å². The minimum absolute atomic E-state index is 0.306. The van der Waals surface area contributed by atoms with Gasteiger partial charge in [-0.2, -0.15) is 0 Å². The van der Waals surface area contributed by atoms with E-state index >= 15 is 0 Å². The van der Waals surface area contributed by atoms with E-state index in [0.717, 1.165) is 31.4 Å². The highest BCUT2D eigenvalue weighted by atomic mass is 16.1. The van der Waals surface area contributed by atoms with Gasteiger partial charge in [0.05, 0.1) is 0 Å². The first-order chi connectivity index (χ1) is 8.31. The Balaban J connectivity index is 1.81. The van der Waals surface area contributed by atoms with E-state index in [-0.39, 0.29) is 0 Å². The zero-order valence-electron chi connectivity index (χ0n) is 11.1. The topological polar surface area (TPSA) is 20.3 Å². The molecule has 2 rings (SSSR count).